The van der Waals surface area contributed by atoms with Crippen LogP contribution in [0.2, 0.25) is 0 Å². The van der Waals surface area contributed by atoms with E-state index in [4.69, 9.17) is 12.2 Å². The number of benzene rings is 1. The highest BCUT2D eigenvalue weighted by atomic mass is 32.1. The molecule has 4 saturated carbocycles. The van der Waals surface area contributed by atoms with Crippen LogP contribution in [0.5, 0.6) is 0 Å². The maximum atomic E-state index is 5.50. The van der Waals surface area contributed by atoms with Crippen LogP contribution in [-0.4, -0.2) is 11.7 Å². The van der Waals surface area contributed by atoms with Crippen molar-refractivity contribution >= 4 is 23.0 Å². The molecule has 0 aromatic heterocycles. The minimum absolute atomic E-state index is 0.515. The van der Waals surface area contributed by atoms with E-state index in [-0.39, 0.29) is 0 Å². The fraction of sp³-hybridized carbons (Fsp3) is 0.632. The summed E-state index contributed by atoms with van der Waals surface area (Å²) in [6, 6.07) is 10.2. The predicted molar refractivity (Wildman–Crippen MR) is 95.9 cm³/mol. The Morgan fingerprint density at radius 2 is 1.73 bits per heavy atom. The van der Waals surface area contributed by atoms with Gasteiger partial charge in [0.15, 0.2) is 5.11 Å². The Labute approximate surface area is 139 Å². The molecule has 4 aliphatic carbocycles. The summed E-state index contributed by atoms with van der Waals surface area (Å²) in [4.78, 5) is 0. The molecule has 0 unspecified atom stereocenters. The zero-order valence-electron chi connectivity index (χ0n) is 13.2. The molecular formula is C19H26N2S. The van der Waals surface area contributed by atoms with Gasteiger partial charge >= 0.3 is 0 Å². The summed E-state index contributed by atoms with van der Waals surface area (Å²) < 4.78 is 0. The van der Waals surface area contributed by atoms with Gasteiger partial charge in [0.1, 0.15) is 0 Å². The molecule has 4 fully saturated rings. The van der Waals surface area contributed by atoms with Crippen molar-refractivity contribution < 1.29 is 0 Å². The maximum absolute atomic E-state index is 5.50. The smallest absolute Gasteiger partial charge is 0.170 e. The number of rotatable bonds is 3. The third-order valence-corrected chi connectivity index (χ3v) is 6.43. The fourth-order valence-corrected chi connectivity index (χ4v) is 5.68. The van der Waals surface area contributed by atoms with Crippen LogP contribution in [0.4, 0.5) is 5.69 Å². The lowest BCUT2D eigenvalue weighted by molar-refractivity contribution is 0.0693. The number of fused-ring (bicyclic) bond motifs is 1. The molecule has 2 nitrogen and oxygen atoms in total. The fourth-order valence-electron chi connectivity index (χ4n) is 5.49. The zero-order valence-corrected chi connectivity index (χ0v) is 14.0. The Morgan fingerprint density at radius 3 is 2.45 bits per heavy atom. The van der Waals surface area contributed by atoms with Crippen LogP contribution >= 0.6 is 12.2 Å². The first-order valence-corrected chi connectivity index (χ1v) is 9.22. The van der Waals surface area contributed by atoms with Gasteiger partial charge in [-0.1, -0.05) is 18.2 Å². The molecule has 0 amide bonds. The molecule has 4 bridgehead atoms. The second kappa shape index (κ2) is 5.84. The van der Waals surface area contributed by atoms with E-state index >= 15 is 0 Å². The molecule has 1 aromatic rings. The first-order chi connectivity index (χ1) is 10.7. The molecule has 2 N–H and O–H groups in total. The van der Waals surface area contributed by atoms with Crippen molar-refractivity contribution in [2.45, 2.75) is 44.9 Å². The molecule has 2 atom stereocenters. The van der Waals surface area contributed by atoms with Gasteiger partial charge in [0.2, 0.25) is 0 Å². The molecule has 4 aliphatic rings. The molecule has 0 heterocycles. The summed E-state index contributed by atoms with van der Waals surface area (Å²) in [5.41, 5.74) is 1.59. The van der Waals surface area contributed by atoms with Crippen LogP contribution in [0, 0.1) is 23.2 Å². The van der Waals surface area contributed by atoms with E-state index in [9.17, 15) is 0 Å². The number of hydrogen-bond donors (Lipinski definition) is 2. The molecule has 118 valence electrons. The number of thiocarbonyl (C=S) groups is 1. The van der Waals surface area contributed by atoms with E-state index in [1.165, 1.54) is 44.9 Å². The summed E-state index contributed by atoms with van der Waals surface area (Å²) in [6.45, 7) is 1.06. The van der Waals surface area contributed by atoms with Crippen LogP contribution in [0.15, 0.2) is 30.3 Å². The average molecular weight is 314 g/mol. The Balaban J connectivity index is 1.37. The van der Waals surface area contributed by atoms with Crippen molar-refractivity contribution in [2.24, 2.45) is 23.2 Å². The summed E-state index contributed by atoms with van der Waals surface area (Å²) in [5.74, 6) is 3.03. The van der Waals surface area contributed by atoms with E-state index in [0.29, 0.717) is 5.41 Å². The number of hydrogen-bond acceptors (Lipinski definition) is 1. The van der Waals surface area contributed by atoms with Crippen molar-refractivity contribution in [3.05, 3.63) is 30.3 Å². The lowest BCUT2D eigenvalue weighted by atomic mass is 9.61. The van der Waals surface area contributed by atoms with E-state index in [1.54, 1.807) is 0 Å². The highest BCUT2D eigenvalue weighted by Gasteiger charge is 2.47. The molecule has 1 aromatic carbocycles. The van der Waals surface area contributed by atoms with Crippen molar-refractivity contribution in [2.75, 3.05) is 11.9 Å². The lowest BCUT2D eigenvalue weighted by Crippen LogP contribution is -2.43. The van der Waals surface area contributed by atoms with Crippen molar-refractivity contribution in [1.29, 1.82) is 0 Å². The second-order valence-electron chi connectivity index (χ2n) is 7.93. The van der Waals surface area contributed by atoms with Crippen LogP contribution in [0.25, 0.3) is 0 Å². The Hall–Kier alpha value is -1.09. The van der Waals surface area contributed by atoms with E-state index in [1.807, 2.05) is 18.2 Å². The number of para-hydroxylation sites is 1. The van der Waals surface area contributed by atoms with Gasteiger partial charge in [0, 0.05) is 12.2 Å². The normalized spacial score (nSPS) is 35.9. The minimum Gasteiger partial charge on any atom is -0.362 e. The van der Waals surface area contributed by atoms with E-state index in [2.05, 4.69) is 22.8 Å². The average Bonchev–Trinajstić information content (AvgIpc) is 2.71. The molecule has 3 heteroatoms. The van der Waals surface area contributed by atoms with Gasteiger partial charge in [0.25, 0.3) is 0 Å². The van der Waals surface area contributed by atoms with Crippen LogP contribution < -0.4 is 10.6 Å². The van der Waals surface area contributed by atoms with Crippen molar-refractivity contribution in [3.8, 4) is 0 Å². The van der Waals surface area contributed by atoms with Crippen molar-refractivity contribution in [1.82, 2.24) is 5.32 Å². The Morgan fingerprint density at radius 1 is 1.05 bits per heavy atom. The lowest BCUT2D eigenvalue weighted by Gasteiger charge is -2.45. The van der Waals surface area contributed by atoms with E-state index in [0.717, 1.165) is 35.1 Å². The van der Waals surface area contributed by atoms with Gasteiger partial charge in [0.05, 0.1) is 0 Å². The third-order valence-electron chi connectivity index (χ3n) is 6.18. The Bertz CT molecular complexity index is 528. The predicted octanol–water partition coefficient (Wildman–Crippen LogP) is 4.58. The molecular weight excluding hydrogens is 288 g/mol. The zero-order chi connectivity index (χ0) is 15.0. The van der Waals surface area contributed by atoms with Gasteiger partial charge in [-0.2, -0.15) is 0 Å². The molecule has 22 heavy (non-hydrogen) atoms. The van der Waals surface area contributed by atoms with Gasteiger partial charge in [-0.05, 0) is 92.5 Å². The summed E-state index contributed by atoms with van der Waals surface area (Å²) >= 11 is 5.50. The second-order valence-corrected chi connectivity index (χ2v) is 8.33. The first kappa shape index (κ1) is 14.5. The summed E-state index contributed by atoms with van der Waals surface area (Å²) in [6.07, 6.45) is 10.2. The van der Waals surface area contributed by atoms with Crippen molar-refractivity contribution in [3.63, 3.8) is 0 Å². The molecule has 0 saturated heterocycles. The first-order valence-electron chi connectivity index (χ1n) is 8.81. The molecule has 0 spiro atoms. The highest BCUT2D eigenvalue weighted by molar-refractivity contribution is 7.80. The minimum atomic E-state index is 0.515. The molecule has 0 radical (unpaired) electrons. The van der Waals surface area contributed by atoms with Gasteiger partial charge in [-0.15, -0.1) is 0 Å². The number of nitrogens with one attached hydrogen (secondary N) is 2. The SMILES string of the molecule is S=C(NCC12CCC3C[C@@H](C[C@H](C3)C1)C2)Nc1ccccc1. The summed E-state index contributed by atoms with van der Waals surface area (Å²) in [5, 5.41) is 7.62. The highest BCUT2D eigenvalue weighted by Crippen LogP contribution is 2.56. The molecule has 5 rings (SSSR count). The van der Waals surface area contributed by atoms with Crippen LogP contribution in [0.1, 0.15) is 44.9 Å². The van der Waals surface area contributed by atoms with Gasteiger partial charge in [-0.3, -0.25) is 0 Å². The largest absolute Gasteiger partial charge is 0.362 e. The quantitative estimate of drug-likeness (QED) is 0.799. The Kier molecular flexibility index (Phi) is 3.85. The third kappa shape index (κ3) is 3.01. The van der Waals surface area contributed by atoms with Gasteiger partial charge in [-0.25, -0.2) is 0 Å². The van der Waals surface area contributed by atoms with Crippen LogP contribution in [0.3, 0.4) is 0 Å². The van der Waals surface area contributed by atoms with Crippen LogP contribution in [-0.2, 0) is 0 Å². The molecule has 0 aliphatic heterocycles. The topological polar surface area (TPSA) is 24.1 Å². The number of anilines is 1. The van der Waals surface area contributed by atoms with Gasteiger partial charge < -0.3 is 10.6 Å². The standard InChI is InChI=1S/C19H26N2S/c22-18(21-17-4-2-1-3-5-17)20-13-19-7-6-14-8-15(11-19)10-16(9-14)12-19/h1-5,14-16H,6-13H2,(H2,20,21,22)/t14?,15-,16-,19?/m0/s1. The van der Waals surface area contributed by atoms with E-state index < -0.39 is 0 Å². The maximum Gasteiger partial charge on any atom is 0.170 e. The monoisotopic (exact) mass is 314 g/mol. The summed E-state index contributed by atoms with van der Waals surface area (Å²) in [7, 11) is 0.